The highest BCUT2D eigenvalue weighted by Crippen LogP contribution is 2.34. The minimum absolute atomic E-state index is 0.0433. The number of benzene rings is 3. The number of carbonyl (C=O) groups is 2. The number of halogens is 1. The second-order valence-electron chi connectivity index (χ2n) is 9.62. The summed E-state index contributed by atoms with van der Waals surface area (Å²) >= 11 is 3.46. The molecule has 40 heavy (non-hydrogen) atoms. The maximum Gasteiger partial charge on any atom is 0.264 e. The number of hydrogen-bond acceptors (Lipinski definition) is 5. The van der Waals surface area contributed by atoms with Gasteiger partial charge >= 0.3 is 0 Å². The molecule has 10 heteroatoms. The molecular weight excluding hydrogens is 594 g/mol. The predicted molar refractivity (Wildman–Crippen MR) is 161 cm³/mol. The van der Waals surface area contributed by atoms with Crippen molar-refractivity contribution in [3.8, 4) is 5.75 Å². The van der Waals surface area contributed by atoms with Crippen LogP contribution in [0.15, 0.2) is 76.1 Å². The number of nitrogens with one attached hydrogen (secondary N) is 1. The van der Waals surface area contributed by atoms with Crippen LogP contribution in [0.1, 0.15) is 37.0 Å². The van der Waals surface area contributed by atoms with Crippen molar-refractivity contribution in [1.29, 1.82) is 0 Å². The van der Waals surface area contributed by atoms with E-state index in [-0.39, 0.29) is 23.0 Å². The summed E-state index contributed by atoms with van der Waals surface area (Å²) in [5.41, 5.74) is 2.73. The smallest absolute Gasteiger partial charge is 0.264 e. The quantitative estimate of drug-likeness (QED) is 0.297. The van der Waals surface area contributed by atoms with E-state index in [1.54, 1.807) is 37.3 Å². The third-order valence-corrected chi connectivity index (χ3v) is 8.72. The molecule has 1 atom stereocenters. The topological polar surface area (TPSA) is 96.0 Å². The molecule has 0 aliphatic rings. The van der Waals surface area contributed by atoms with Crippen LogP contribution in [0.25, 0.3) is 0 Å². The molecule has 2 amide bonds. The summed E-state index contributed by atoms with van der Waals surface area (Å²) in [4.78, 5) is 28.5. The molecule has 0 saturated carbocycles. The number of anilines is 1. The summed E-state index contributed by atoms with van der Waals surface area (Å²) in [5, 5.41) is 2.84. The summed E-state index contributed by atoms with van der Waals surface area (Å²) in [6, 6.07) is 18.2. The predicted octanol–water partition coefficient (Wildman–Crippen LogP) is 5.21. The maximum absolute atomic E-state index is 14.0. The van der Waals surface area contributed by atoms with E-state index in [1.165, 1.54) is 24.1 Å². The Bertz CT molecular complexity index is 1440. The van der Waals surface area contributed by atoms with Gasteiger partial charge in [0.05, 0.1) is 17.7 Å². The van der Waals surface area contributed by atoms with Gasteiger partial charge < -0.3 is 15.0 Å². The Labute approximate surface area is 245 Å². The van der Waals surface area contributed by atoms with Gasteiger partial charge in [0.15, 0.2) is 0 Å². The molecule has 0 aliphatic heterocycles. The average molecular weight is 631 g/mol. The van der Waals surface area contributed by atoms with Gasteiger partial charge in [0.2, 0.25) is 11.8 Å². The molecule has 3 rings (SSSR count). The van der Waals surface area contributed by atoms with Gasteiger partial charge in [-0.2, -0.15) is 0 Å². The number of amides is 2. The fraction of sp³-hybridized carbons (Fsp3) is 0.333. The minimum atomic E-state index is -4.19. The lowest BCUT2D eigenvalue weighted by Crippen LogP contribution is -2.51. The Hall–Kier alpha value is -3.37. The number of rotatable bonds is 12. The molecule has 3 aromatic rings. The van der Waals surface area contributed by atoms with Gasteiger partial charge in [-0.3, -0.25) is 13.9 Å². The molecule has 0 heterocycles. The third-order valence-electron chi connectivity index (χ3n) is 6.45. The highest BCUT2D eigenvalue weighted by Gasteiger charge is 2.33. The van der Waals surface area contributed by atoms with Crippen LogP contribution in [0.5, 0.6) is 5.75 Å². The van der Waals surface area contributed by atoms with Gasteiger partial charge in [-0.15, -0.1) is 0 Å². The SMILES string of the molecule is CCCNC(=O)[C@@H](C)N(Cc1cccc(Br)c1)C(=O)CN(c1cc(C)ccc1OC)S(=O)(=O)c1ccc(C)cc1. The zero-order chi connectivity index (χ0) is 29.4. The van der Waals surface area contributed by atoms with Crippen LogP contribution < -0.4 is 14.4 Å². The lowest BCUT2D eigenvalue weighted by Gasteiger charge is -2.32. The minimum Gasteiger partial charge on any atom is -0.495 e. The van der Waals surface area contributed by atoms with E-state index >= 15 is 0 Å². The van der Waals surface area contributed by atoms with Crippen molar-refractivity contribution in [2.45, 2.75) is 51.6 Å². The van der Waals surface area contributed by atoms with Crippen LogP contribution in [0.4, 0.5) is 5.69 Å². The van der Waals surface area contributed by atoms with Crippen molar-refractivity contribution in [3.63, 3.8) is 0 Å². The first-order chi connectivity index (χ1) is 19.0. The van der Waals surface area contributed by atoms with Crippen molar-refractivity contribution in [2.24, 2.45) is 0 Å². The fourth-order valence-electron chi connectivity index (χ4n) is 4.16. The molecular formula is C30H36BrN3O5S. The number of aryl methyl sites for hydroxylation is 2. The number of sulfonamides is 1. The first-order valence-electron chi connectivity index (χ1n) is 13.0. The van der Waals surface area contributed by atoms with Gasteiger partial charge in [0.25, 0.3) is 10.0 Å². The standard InChI is InChI=1S/C30H36BrN3O5S/c1-6-16-32-30(36)23(4)33(19-24-8-7-9-25(31)18-24)29(35)20-34(27-17-22(3)12-15-28(27)39-5)40(37,38)26-13-10-21(2)11-14-26/h7-15,17-18,23H,6,16,19-20H2,1-5H3,(H,32,36)/t23-/m1/s1. The van der Waals surface area contributed by atoms with Crippen molar-refractivity contribution in [3.05, 3.63) is 87.9 Å². The van der Waals surface area contributed by atoms with Crippen LogP contribution in [0.3, 0.4) is 0 Å². The molecule has 0 unspecified atom stereocenters. The van der Waals surface area contributed by atoms with Gasteiger partial charge in [-0.05, 0) is 74.7 Å². The summed E-state index contributed by atoms with van der Waals surface area (Å²) < 4.78 is 35.5. The fourth-order valence-corrected chi connectivity index (χ4v) is 6.02. The second-order valence-corrected chi connectivity index (χ2v) is 12.4. The van der Waals surface area contributed by atoms with Crippen LogP contribution in [0.2, 0.25) is 0 Å². The first kappa shape index (κ1) is 31.2. The maximum atomic E-state index is 14.0. The molecule has 1 N–H and O–H groups in total. The van der Waals surface area contributed by atoms with Crippen molar-refractivity contribution < 1.29 is 22.7 Å². The number of carbonyl (C=O) groups excluding carboxylic acids is 2. The van der Waals surface area contributed by atoms with Crippen LogP contribution >= 0.6 is 15.9 Å². The Morgan fingerprint density at radius 2 is 1.68 bits per heavy atom. The Kier molecular flexibility index (Phi) is 10.8. The second kappa shape index (κ2) is 13.8. The van der Waals surface area contributed by atoms with E-state index < -0.39 is 28.5 Å². The van der Waals surface area contributed by atoms with E-state index in [1.807, 2.05) is 45.0 Å². The molecule has 0 aromatic heterocycles. The molecule has 214 valence electrons. The number of hydrogen-bond donors (Lipinski definition) is 1. The normalized spacial score (nSPS) is 11.9. The summed E-state index contributed by atoms with van der Waals surface area (Å²) in [6.45, 7) is 7.34. The van der Waals surface area contributed by atoms with Gasteiger partial charge in [-0.25, -0.2) is 8.42 Å². The Balaban J connectivity index is 2.09. The zero-order valence-electron chi connectivity index (χ0n) is 23.5. The van der Waals surface area contributed by atoms with E-state index in [0.29, 0.717) is 12.3 Å². The largest absolute Gasteiger partial charge is 0.495 e. The van der Waals surface area contributed by atoms with E-state index in [9.17, 15) is 18.0 Å². The number of methoxy groups -OCH3 is 1. The Morgan fingerprint density at radius 1 is 1.00 bits per heavy atom. The summed E-state index contributed by atoms with van der Waals surface area (Å²) in [7, 11) is -2.74. The highest BCUT2D eigenvalue weighted by atomic mass is 79.9. The summed E-state index contributed by atoms with van der Waals surface area (Å²) in [6.07, 6.45) is 0.744. The molecule has 3 aromatic carbocycles. The van der Waals surface area contributed by atoms with E-state index in [2.05, 4.69) is 21.2 Å². The Morgan fingerprint density at radius 3 is 2.30 bits per heavy atom. The van der Waals surface area contributed by atoms with Crippen molar-refractivity contribution >= 4 is 43.5 Å². The molecule has 0 spiro atoms. The molecule has 0 saturated heterocycles. The molecule has 8 nitrogen and oxygen atoms in total. The lowest BCUT2D eigenvalue weighted by atomic mass is 10.1. The zero-order valence-corrected chi connectivity index (χ0v) is 25.9. The van der Waals surface area contributed by atoms with Gasteiger partial charge in [0, 0.05) is 17.6 Å². The van der Waals surface area contributed by atoms with Crippen molar-refractivity contribution in [2.75, 3.05) is 24.5 Å². The average Bonchev–Trinajstić information content (AvgIpc) is 2.93. The van der Waals surface area contributed by atoms with Gasteiger partial charge in [0.1, 0.15) is 18.3 Å². The molecule has 0 aliphatic carbocycles. The summed E-state index contributed by atoms with van der Waals surface area (Å²) in [5.74, 6) is -0.536. The highest BCUT2D eigenvalue weighted by molar-refractivity contribution is 9.10. The monoisotopic (exact) mass is 629 g/mol. The van der Waals surface area contributed by atoms with Crippen LogP contribution in [-0.4, -0.2) is 51.4 Å². The van der Waals surface area contributed by atoms with Crippen LogP contribution in [-0.2, 0) is 26.2 Å². The first-order valence-corrected chi connectivity index (χ1v) is 15.3. The lowest BCUT2D eigenvalue weighted by molar-refractivity contribution is -0.139. The van der Waals surface area contributed by atoms with Gasteiger partial charge in [-0.1, -0.05) is 58.7 Å². The number of nitrogens with zero attached hydrogens (tertiary/aromatic N) is 2. The molecule has 0 fully saturated rings. The molecule has 0 bridgehead atoms. The third kappa shape index (κ3) is 7.63. The van der Waals surface area contributed by atoms with E-state index in [4.69, 9.17) is 4.74 Å². The van der Waals surface area contributed by atoms with Crippen LogP contribution in [0, 0.1) is 13.8 Å². The van der Waals surface area contributed by atoms with E-state index in [0.717, 1.165) is 31.9 Å². The molecule has 0 radical (unpaired) electrons. The van der Waals surface area contributed by atoms with Crippen molar-refractivity contribution in [1.82, 2.24) is 10.2 Å². The number of ether oxygens (including phenoxy) is 1.